The zero-order chi connectivity index (χ0) is 28.4. The molecule has 0 radical (unpaired) electrons. The van der Waals surface area contributed by atoms with Crippen molar-refractivity contribution in [3.8, 4) is 0 Å². The van der Waals surface area contributed by atoms with E-state index in [4.69, 9.17) is 9.47 Å². The van der Waals surface area contributed by atoms with Gasteiger partial charge in [0.05, 0.1) is 5.56 Å². The number of aryl methyl sites for hydroxylation is 1. The van der Waals surface area contributed by atoms with Crippen molar-refractivity contribution in [1.29, 1.82) is 0 Å². The Labute approximate surface area is 227 Å². The van der Waals surface area contributed by atoms with Crippen molar-refractivity contribution < 1.29 is 33.4 Å². The summed E-state index contributed by atoms with van der Waals surface area (Å²) in [5, 5.41) is 2.70. The van der Waals surface area contributed by atoms with Gasteiger partial charge in [-0.3, -0.25) is 19.2 Å². The van der Waals surface area contributed by atoms with Gasteiger partial charge in [0, 0.05) is 29.7 Å². The molecule has 0 spiro atoms. The predicted octanol–water partition coefficient (Wildman–Crippen LogP) is 5.35. The highest BCUT2D eigenvalue weighted by Crippen LogP contribution is 2.15. The van der Waals surface area contributed by atoms with Gasteiger partial charge in [0.1, 0.15) is 0 Å². The number of hydrogen-bond acceptors (Lipinski definition) is 7. The second kappa shape index (κ2) is 13.8. The number of benzene rings is 3. The summed E-state index contributed by atoms with van der Waals surface area (Å²) in [7, 11) is 0. The van der Waals surface area contributed by atoms with Gasteiger partial charge in [0.15, 0.2) is 12.2 Å². The number of ketones is 2. The van der Waals surface area contributed by atoms with Gasteiger partial charge in [-0.05, 0) is 51.5 Å². The molecule has 3 rings (SSSR count). The number of hydrogen-bond donors (Lipinski definition) is 1. The van der Waals surface area contributed by atoms with Crippen LogP contribution in [-0.2, 0) is 19.1 Å². The Morgan fingerprint density at radius 3 is 1.82 bits per heavy atom. The molecular formula is C31H31NO7. The van der Waals surface area contributed by atoms with Crippen LogP contribution in [0.3, 0.4) is 0 Å². The number of carbonyl (C=O) groups is 5. The summed E-state index contributed by atoms with van der Waals surface area (Å²) in [6.45, 7) is 4.95. The highest BCUT2D eigenvalue weighted by Gasteiger charge is 2.21. The number of amides is 1. The fraction of sp³-hybridized carbons (Fsp3) is 0.258. The van der Waals surface area contributed by atoms with E-state index < -0.39 is 24.1 Å². The molecule has 0 saturated carbocycles. The van der Waals surface area contributed by atoms with Gasteiger partial charge < -0.3 is 14.8 Å². The first-order valence-electron chi connectivity index (χ1n) is 12.6. The van der Waals surface area contributed by atoms with E-state index in [9.17, 15) is 24.0 Å². The fourth-order valence-corrected chi connectivity index (χ4v) is 3.69. The number of Topliss-reactive ketones (excluding diaryl/α,β-unsaturated/α-hetero) is 2. The zero-order valence-corrected chi connectivity index (χ0v) is 22.1. The van der Waals surface area contributed by atoms with Crippen LogP contribution in [0.25, 0.3) is 0 Å². The lowest BCUT2D eigenvalue weighted by molar-refractivity contribution is -0.146. The van der Waals surface area contributed by atoms with Crippen LogP contribution in [0.4, 0.5) is 5.69 Å². The van der Waals surface area contributed by atoms with Crippen molar-refractivity contribution >= 4 is 35.1 Å². The maximum absolute atomic E-state index is 12.4. The monoisotopic (exact) mass is 529 g/mol. The molecule has 0 bridgehead atoms. The molecule has 1 N–H and O–H groups in total. The lowest BCUT2D eigenvalue weighted by Crippen LogP contribution is -2.24. The van der Waals surface area contributed by atoms with E-state index in [-0.39, 0.29) is 42.3 Å². The van der Waals surface area contributed by atoms with Crippen molar-refractivity contribution in [2.24, 2.45) is 0 Å². The fourth-order valence-electron chi connectivity index (χ4n) is 3.69. The normalized spacial score (nSPS) is 12.1. The van der Waals surface area contributed by atoms with Crippen molar-refractivity contribution in [3.05, 3.63) is 101 Å². The van der Waals surface area contributed by atoms with Crippen LogP contribution in [0.2, 0.25) is 0 Å². The largest absolute Gasteiger partial charge is 0.454 e. The summed E-state index contributed by atoms with van der Waals surface area (Å²) in [6.07, 6.45) is -1.57. The first-order chi connectivity index (χ1) is 18.6. The molecule has 0 aliphatic rings. The minimum atomic E-state index is -0.949. The molecule has 2 atom stereocenters. The van der Waals surface area contributed by atoms with Gasteiger partial charge in [-0.15, -0.1) is 0 Å². The predicted molar refractivity (Wildman–Crippen MR) is 146 cm³/mol. The van der Waals surface area contributed by atoms with Crippen LogP contribution in [-0.4, -0.2) is 41.6 Å². The van der Waals surface area contributed by atoms with E-state index in [1.807, 2.05) is 19.1 Å². The highest BCUT2D eigenvalue weighted by molar-refractivity contribution is 6.02. The third-order valence-corrected chi connectivity index (χ3v) is 5.91. The van der Waals surface area contributed by atoms with E-state index in [0.29, 0.717) is 16.8 Å². The van der Waals surface area contributed by atoms with Crippen LogP contribution in [0, 0.1) is 6.92 Å². The highest BCUT2D eigenvalue weighted by atomic mass is 16.5. The molecule has 202 valence electrons. The maximum Gasteiger partial charge on any atom is 0.338 e. The lowest BCUT2D eigenvalue weighted by atomic mass is 10.1. The first-order valence-corrected chi connectivity index (χ1v) is 12.6. The van der Waals surface area contributed by atoms with Crippen LogP contribution < -0.4 is 5.32 Å². The third kappa shape index (κ3) is 8.74. The van der Waals surface area contributed by atoms with E-state index in [1.165, 1.54) is 26.0 Å². The number of ether oxygens (including phenoxy) is 2. The molecule has 39 heavy (non-hydrogen) atoms. The first kappa shape index (κ1) is 29.0. The van der Waals surface area contributed by atoms with Crippen LogP contribution in [0.1, 0.15) is 69.7 Å². The standard InChI is InChI=1S/C31H31NO7/c1-20-12-14-24(15-13-20)29(35)21(2)38-28(34)11-7-10-27(33)32-26-18-16-25(17-19-26)31(37)39-22(3)30(36)23-8-5-4-6-9-23/h4-6,8-9,12-19,21-22H,7,10-11H2,1-3H3,(H,32,33). The average molecular weight is 530 g/mol. The molecule has 0 fully saturated rings. The smallest absolute Gasteiger partial charge is 0.338 e. The van der Waals surface area contributed by atoms with Gasteiger partial charge in [-0.2, -0.15) is 0 Å². The molecule has 8 heteroatoms. The van der Waals surface area contributed by atoms with Gasteiger partial charge in [0.2, 0.25) is 17.5 Å². The molecule has 1 amide bonds. The summed E-state index contributed by atoms with van der Waals surface area (Å²) >= 11 is 0. The Bertz CT molecular complexity index is 1320. The molecule has 3 aromatic carbocycles. The van der Waals surface area contributed by atoms with Gasteiger partial charge in [0.25, 0.3) is 0 Å². The van der Waals surface area contributed by atoms with Crippen LogP contribution >= 0.6 is 0 Å². The van der Waals surface area contributed by atoms with Gasteiger partial charge >= 0.3 is 11.9 Å². The van der Waals surface area contributed by atoms with E-state index in [0.717, 1.165) is 5.56 Å². The van der Waals surface area contributed by atoms with E-state index >= 15 is 0 Å². The molecular weight excluding hydrogens is 498 g/mol. The van der Waals surface area contributed by atoms with Crippen molar-refractivity contribution in [2.45, 2.75) is 52.2 Å². The quantitative estimate of drug-likeness (QED) is 0.248. The minimum Gasteiger partial charge on any atom is -0.454 e. The van der Waals surface area contributed by atoms with Crippen molar-refractivity contribution in [3.63, 3.8) is 0 Å². The Morgan fingerprint density at radius 2 is 1.21 bits per heavy atom. The average Bonchev–Trinajstić information content (AvgIpc) is 2.93. The van der Waals surface area contributed by atoms with Gasteiger partial charge in [-0.25, -0.2) is 4.79 Å². The van der Waals surface area contributed by atoms with Crippen molar-refractivity contribution in [1.82, 2.24) is 0 Å². The van der Waals surface area contributed by atoms with Crippen LogP contribution in [0.15, 0.2) is 78.9 Å². The third-order valence-electron chi connectivity index (χ3n) is 5.91. The number of esters is 2. The molecule has 0 saturated heterocycles. The molecule has 0 heterocycles. The second-order valence-electron chi connectivity index (χ2n) is 9.12. The summed E-state index contributed by atoms with van der Waals surface area (Å²) < 4.78 is 10.5. The summed E-state index contributed by atoms with van der Waals surface area (Å²) in [5.74, 6) is -2.12. The van der Waals surface area contributed by atoms with E-state index in [1.54, 1.807) is 54.6 Å². The summed E-state index contributed by atoms with van der Waals surface area (Å²) in [5.41, 5.74) is 2.64. The summed E-state index contributed by atoms with van der Waals surface area (Å²) in [6, 6.07) is 21.6. The Kier molecular flexibility index (Phi) is 10.3. The number of carbonyl (C=O) groups excluding carboxylic acids is 5. The van der Waals surface area contributed by atoms with Gasteiger partial charge in [-0.1, -0.05) is 60.2 Å². The molecule has 0 aliphatic heterocycles. The Balaban J connectivity index is 1.39. The van der Waals surface area contributed by atoms with Crippen LogP contribution in [0.5, 0.6) is 0 Å². The minimum absolute atomic E-state index is 0.0103. The number of rotatable bonds is 12. The zero-order valence-electron chi connectivity index (χ0n) is 22.1. The maximum atomic E-state index is 12.4. The second-order valence-corrected chi connectivity index (χ2v) is 9.12. The molecule has 3 aromatic rings. The molecule has 0 aromatic heterocycles. The number of nitrogens with one attached hydrogen (secondary N) is 1. The Hall–Kier alpha value is -4.59. The Morgan fingerprint density at radius 1 is 0.667 bits per heavy atom. The molecule has 2 unspecified atom stereocenters. The molecule has 8 nitrogen and oxygen atoms in total. The lowest BCUT2D eigenvalue weighted by Gasteiger charge is -2.13. The van der Waals surface area contributed by atoms with E-state index in [2.05, 4.69) is 5.32 Å². The molecule has 0 aliphatic carbocycles. The summed E-state index contributed by atoms with van der Waals surface area (Å²) in [4.78, 5) is 61.6. The SMILES string of the molecule is Cc1ccc(C(=O)C(C)OC(=O)CCCC(=O)Nc2ccc(C(=O)OC(C)C(=O)c3ccccc3)cc2)cc1. The number of anilines is 1. The topological polar surface area (TPSA) is 116 Å². The van der Waals surface area contributed by atoms with Crippen molar-refractivity contribution in [2.75, 3.05) is 5.32 Å².